The van der Waals surface area contributed by atoms with Gasteiger partial charge in [0.05, 0.1) is 11.3 Å². The first kappa shape index (κ1) is 20.7. The van der Waals surface area contributed by atoms with Crippen LogP contribution >= 0.6 is 0 Å². The second-order valence-electron chi connectivity index (χ2n) is 8.39. The van der Waals surface area contributed by atoms with Crippen LogP contribution in [0.15, 0.2) is 60.4 Å². The lowest BCUT2D eigenvalue weighted by atomic mass is 9.74. The highest BCUT2D eigenvalue weighted by atomic mass is 16.5. The smallest absolute Gasteiger partial charge is 0.336 e. The van der Waals surface area contributed by atoms with E-state index in [4.69, 9.17) is 4.74 Å². The number of rotatable bonds is 3. The lowest BCUT2D eigenvalue weighted by Crippen LogP contribution is -2.31. The molecule has 8 heteroatoms. The summed E-state index contributed by atoms with van der Waals surface area (Å²) in [7, 11) is 0. The van der Waals surface area contributed by atoms with Gasteiger partial charge in [0.25, 0.3) is 0 Å². The molecule has 0 spiro atoms. The Hall–Kier alpha value is -4.20. The van der Waals surface area contributed by atoms with Gasteiger partial charge in [-0.3, -0.25) is 19.3 Å². The van der Waals surface area contributed by atoms with Crippen molar-refractivity contribution in [2.24, 2.45) is 11.8 Å². The minimum Gasteiger partial charge on any atom is -0.508 e. The second kappa shape index (κ2) is 7.44. The normalized spacial score (nSPS) is 23.7. The zero-order chi connectivity index (χ0) is 23.4. The molecular weight excluding hydrogens is 426 g/mol. The van der Waals surface area contributed by atoms with Gasteiger partial charge in [0.1, 0.15) is 17.3 Å². The molecule has 33 heavy (non-hydrogen) atoms. The largest absolute Gasteiger partial charge is 0.508 e. The molecule has 0 aromatic heterocycles. The number of anilines is 1. The predicted molar refractivity (Wildman–Crippen MR) is 116 cm³/mol. The summed E-state index contributed by atoms with van der Waals surface area (Å²) in [6, 6.07) is 9.05. The van der Waals surface area contributed by atoms with Gasteiger partial charge in [-0.2, -0.15) is 0 Å². The average molecular weight is 445 g/mol. The SMILES string of the molecule is CC1CC(=O)N(c2ccc(C3c4ccc(O)cc4OC4=CC(=O)C=CC43)c(C(=O)O)c2)C1=O. The van der Waals surface area contributed by atoms with Gasteiger partial charge in [0, 0.05) is 41.9 Å². The molecule has 2 aromatic rings. The first-order valence-electron chi connectivity index (χ1n) is 10.4. The van der Waals surface area contributed by atoms with Crippen LogP contribution in [0, 0.1) is 11.8 Å². The molecule has 8 nitrogen and oxygen atoms in total. The minimum atomic E-state index is -1.22. The highest BCUT2D eigenvalue weighted by Crippen LogP contribution is 2.49. The van der Waals surface area contributed by atoms with Crippen molar-refractivity contribution in [2.75, 3.05) is 4.90 Å². The zero-order valence-corrected chi connectivity index (χ0v) is 17.5. The number of hydrogen-bond acceptors (Lipinski definition) is 6. The number of allylic oxidation sites excluding steroid dienone is 3. The summed E-state index contributed by atoms with van der Waals surface area (Å²) in [5, 5.41) is 20.0. The topological polar surface area (TPSA) is 121 Å². The molecule has 166 valence electrons. The Balaban J connectivity index is 1.68. The van der Waals surface area contributed by atoms with Gasteiger partial charge in [0.15, 0.2) is 5.78 Å². The molecule has 3 atom stereocenters. The summed E-state index contributed by atoms with van der Waals surface area (Å²) in [4.78, 5) is 50.1. The number of aromatic carboxylic acids is 1. The summed E-state index contributed by atoms with van der Waals surface area (Å²) >= 11 is 0. The number of phenols is 1. The third-order valence-electron chi connectivity index (χ3n) is 6.23. The van der Waals surface area contributed by atoms with Crippen molar-refractivity contribution in [3.05, 3.63) is 77.1 Å². The number of phenolic OH excluding ortho intramolecular Hbond substituents is 1. The molecule has 5 rings (SSSR count). The Bertz CT molecular complexity index is 1310. The third kappa shape index (κ3) is 3.31. The summed E-state index contributed by atoms with van der Waals surface area (Å²) in [5.41, 5.74) is 1.22. The Morgan fingerprint density at radius 3 is 2.55 bits per heavy atom. The van der Waals surface area contributed by atoms with Crippen molar-refractivity contribution in [1.29, 1.82) is 0 Å². The Labute approximate surface area is 188 Å². The number of aromatic hydroxyl groups is 1. The molecule has 0 radical (unpaired) electrons. The number of ketones is 1. The van der Waals surface area contributed by atoms with Gasteiger partial charge in [0.2, 0.25) is 11.8 Å². The van der Waals surface area contributed by atoms with E-state index < -0.39 is 23.7 Å². The van der Waals surface area contributed by atoms with E-state index in [9.17, 15) is 29.4 Å². The van der Waals surface area contributed by atoms with E-state index >= 15 is 0 Å². The highest BCUT2D eigenvalue weighted by Gasteiger charge is 2.40. The first-order chi connectivity index (χ1) is 15.7. The van der Waals surface area contributed by atoms with Gasteiger partial charge >= 0.3 is 5.97 Å². The number of carbonyl (C=O) groups excluding carboxylic acids is 3. The molecule has 1 saturated heterocycles. The fourth-order valence-corrected chi connectivity index (χ4v) is 4.70. The standard InChI is InChI=1S/C25H19NO7/c1-12-8-22(29)26(24(12)30)13-2-5-16(19(9-13)25(31)32)23-17-6-3-14(27)10-20(17)33-21-11-15(28)4-7-18(21)23/h2-7,9-12,17,23,28H,8H2,1H3,(H,31,32). The van der Waals surface area contributed by atoms with Crippen LogP contribution in [0.4, 0.5) is 5.69 Å². The number of carboxylic acid groups (broad SMARTS) is 1. The molecule has 2 heterocycles. The van der Waals surface area contributed by atoms with Crippen LogP contribution < -0.4 is 9.64 Å². The van der Waals surface area contributed by atoms with Gasteiger partial charge in [-0.1, -0.05) is 25.1 Å². The van der Waals surface area contributed by atoms with Crippen molar-refractivity contribution in [2.45, 2.75) is 19.3 Å². The summed E-state index contributed by atoms with van der Waals surface area (Å²) in [5.74, 6) is -3.00. The molecule has 2 N–H and O–H groups in total. The second-order valence-corrected chi connectivity index (χ2v) is 8.39. The number of hydrogen-bond donors (Lipinski definition) is 2. The summed E-state index contributed by atoms with van der Waals surface area (Å²) in [6.45, 7) is 1.66. The van der Waals surface area contributed by atoms with Crippen molar-refractivity contribution in [1.82, 2.24) is 0 Å². The number of amides is 2. The highest BCUT2D eigenvalue weighted by molar-refractivity contribution is 6.21. The fraction of sp³-hybridized carbons (Fsp3) is 0.200. The fourth-order valence-electron chi connectivity index (χ4n) is 4.70. The predicted octanol–water partition coefficient (Wildman–Crippen LogP) is 3.15. The van der Waals surface area contributed by atoms with Gasteiger partial charge in [-0.15, -0.1) is 0 Å². The lowest BCUT2D eigenvalue weighted by molar-refractivity contribution is -0.122. The molecule has 3 aliphatic rings. The molecule has 0 saturated carbocycles. The molecular formula is C25H19NO7. The molecule has 0 bridgehead atoms. The van der Waals surface area contributed by atoms with Crippen LogP contribution in [0.1, 0.15) is 40.7 Å². The van der Waals surface area contributed by atoms with E-state index in [0.29, 0.717) is 22.6 Å². The number of fused-ring (bicyclic) bond motifs is 2. The Kier molecular flexibility index (Phi) is 4.67. The maximum atomic E-state index is 12.5. The van der Waals surface area contributed by atoms with Crippen molar-refractivity contribution in [3.8, 4) is 11.5 Å². The van der Waals surface area contributed by atoms with E-state index in [1.165, 1.54) is 30.4 Å². The van der Waals surface area contributed by atoms with E-state index in [-0.39, 0.29) is 41.0 Å². The van der Waals surface area contributed by atoms with Gasteiger partial charge in [-0.25, -0.2) is 4.79 Å². The molecule has 1 aliphatic carbocycles. The van der Waals surface area contributed by atoms with Crippen molar-refractivity contribution in [3.63, 3.8) is 0 Å². The number of nitrogens with zero attached hydrogens (tertiary/aromatic N) is 1. The third-order valence-corrected chi connectivity index (χ3v) is 6.23. The van der Waals surface area contributed by atoms with Crippen LogP contribution in [-0.2, 0) is 14.4 Å². The number of ether oxygens (including phenoxy) is 1. The first-order valence-corrected chi connectivity index (χ1v) is 10.4. The molecule has 2 aliphatic heterocycles. The summed E-state index contributed by atoms with van der Waals surface area (Å²) in [6.07, 6.45) is 4.51. The number of imide groups is 1. The summed E-state index contributed by atoms with van der Waals surface area (Å²) < 4.78 is 5.87. The van der Waals surface area contributed by atoms with Crippen LogP contribution in [-0.4, -0.2) is 33.8 Å². The van der Waals surface area contributed by atoms with Crippen LogP contribution in [0.25, 0.3) is 0 Å². The van der Waals surface area contributed by atoms with E-state index in [1.54, 1.807) is 31.2 Å². The van der Waals surface area contributed by atoms with Crippen LogP contribution in [0.2, 0.25) is 0 Å². The van der Waals surface area contributed by atoms with Gasteiger partial charge in [-0.05, 0) is 29.8 Å². The minimum absolute atomic E-state index is 0.0294. The maximum Gasteiger partial charge on any atom is 0.336 e. The molecule has 3 unspecified atom stereocenters. The van der Waals surface area contributed by atoms with E-state index in [2.05, 4.69) is 0 Å². The number of carboxylic acids is 1. The van der Waals surface area contributed by atoms with Gasteiger partial charge < -0.3 is 14.9 Å². The van der Waals surface area contributed by atoms with E-state index in [1.807, 2.05) is 0 Å². The lowest BCUT2D eigenvalue weighted by Gasteiger charge is -2.36. The zero-order valence-electron chi connectivity index (χ0n) is 17.5. The van der Waals surface area contributed by atoms with Crippen molar-refractivity contribution < 1.29 is 34.1 Å². The molecule has 2 amide bonds. The monoisotopic (exact) mass is 445 g/mol. The van der Waals surface area contributed by atoms with E-state index in [0.717, 1.165) is 4.90 Å². The maximum absolute atomic E-state index is 12.5. The number of benzene rings is 2. The number of carbonyl (C=O) groups is 4. The van der Waals surface area contributed by atoms with Crippen LogP contribution in [0.3, 0.4) is 0 Å². The molecule has 1 fully saturated rings. The average Bonchev–Trinajstić information content (AvgIpc) is 3.02. The Morgan fingerprint density at radius 2 is 1.85 bits per heavy atom. The Morgan fingerprint density at radius 1 is 1.09 bits per heavy atom. The van der Waals surface area contributed by atoms with Crippen LogP contribution in [0.5, 0.6) is 11.5 Å². The van der Waals surface area contributed by atoms with Crippen molar-refractivity contribution >= 4 is 29.3 Å². The molecule has 2 aromatic carbocycles. The quantitative estimate of drug-likeness (QED) is 0.696.